The Morgan fingerprint density at radius 1 is 1.16 bits per heavy atom. The fraction of sp³-hybridized carbons (Fsp3) is 0.364. The lowest BCUT2D eigenvalue weighted by Gasteiger charge is -2.34. The van der Waals surface area contributed by atoms with Crippen molar-refractivity contribution in [2.45, 2.75) is 24.8 Å². The van der Waals surface area contributed by atoms with E-state index in [0.29, 0.717) is 22.7 Å². The highest BCUT2D eigenvalue weighted by Gasteiger charge is 2.33. The number of amides is 2. The predicted molar refractivity (Wildman–Crippen MR) is 117 cm³/mol. The van der Waals surface area contributed by atoms with E-state index in [-0.39, 0.29) is 49.5 Å². The number of nitrogens with one attached hydrogen (secondary N) is 1. The second kappa shape index (κ2) is 8.79. The molecule has 1 N–H and O–H groups in total. The maximum atomic E-state index is 13.3. The highest BCUT2D eigenvalue weighted by atomic mass is 32.2. The minimum Gasteiger partial charge on any atom is -0.484 e. The third-order valence-corrected chi connectivity index (χ3v) is 7.56. The summed E-state index contributed by atoms with van der Waals surface area (Å²) >= 11 is 0. The van der Waals surface area contributed by atoms with Gasteiger partial charge < -0.3 is 19.7 Å². The van der Waals surface area contributed by atoms with Gasteiger partial charge >= 0.3 is 0 Å². The van der Waals surface area contributed by atoms with Crippen LogP contribution in [0.4, 0.5) is 5.69 Å². The lowest BCUT2D eigenvalue weighted by atomic mass is 10.1. The zero-order valence-corrected chi connectivity index (χ0v) is 18.7. The van der Waals surface area contributed by atoms with Crippen LogP contribution >= 0.6 is 0 Å². The van der Waals surface area contributed by atoms with Gasteiger partial charge in [0, 0.05) is 32.2 Å². The Balaban J connectivity index is 1.41. The van der Waals surface area contributed by atoms with E-state index in [1.807, 2.05) is 18.2 Å². The van der Waals surface area contributed by atoms with Crippen LogP contribution in [0, 0.1) is 6.92 Å². The summed E-state index contributed by atoms with van der Waals surface area (Å²) < 4.78 is 39.0. The first-order chi connectivity index (χ1) is 15.3. The summed E-state index contributed by atoms with van der Waals surface area (Å²) in [5.41, 5.74) is 0.968. The molecule has 0 radical (unpaired) electrons. The molecule has 2 amide bonds. The van der Waals surface area contributed by atoms with E-state index in [0.717, 1.165) is 0 Å². The van der Waals surface area contributed by atoms with E-state index in [2.05, 4.69) is 5.32 Å². The van der Waals surface area contributed by atoms with Gasteiger partial charge in [-0.1, -0.05) is 18.2 Å². The Morgan fingerprint density at radius 3 is 2.53 bits per heavy atom. The number of hydrogen-bond acceptors (Lipinski definition) is 6. The topological polar surface area (TPSA) is 105 Å². The van der Waals surface area contributed by atoms with E-state index in [4.69, 9.17) is 9.47 Å². The molecule has 1 atom stereocenters. The molecule has 0 saturated carbocycles. The molecule has 0 unspecified atom stereocenters. The highest BCUT2D eigenvalue weighted by Crippen LogP contribution is 2.35. The second-order valence-corrected chi connectivity index (χ2v) is 9.66. The Kier molecular flexibility index (Phi) is 6.07. The van der Waals surface area contributed by atoms with Crippen LogP contribution in [0.15, 0.2) is 47.4 Å². The number of sulfonamides is 1. The first-order valence-electron chi connectivity index (χ1n) is 10.3. The van der Waals surface area contributed by atoms with Gasteiger partial charge in [-0.15, -0.1) is 0 Å². The van der Waals surface area contributed by atoms with Gasteiger partial charge in [0.15, 0.2) is 12.7 Å². The van der Waals surface area contributed by atoms with Crippen LogP contribution < -0.4 is 14.8 Å². The van der Waals surface area contributed by atoms with Crippen molar-refractivity contribution in [3.63, 3.8) is 0 Å². The van der Waals surface area contributed by atoms with E-state index in [1.54, 1.807) is 36.9 Å². The van der Waals surface area contributed by atoms with Gasteiger partial charge in [0.1, 0.15) is 11.5 Å². The van der Waals surface area contributed by atoms with Crippen molar-refractivity contribution in [3.05, 3.63) is 48.0 Å². The van der Waals surface area contributed by atoms with Crippen LogP contribution in [0.5, 0.6) is 11.5 Å². The van der Waals surface area contributed by atoms with Gasteiger partial charge in [-0.3, -0.25) is 9.59 Å². The molecule has 2 aliphatic rings. The maximum Gasteiger partial charge on any atom is 0.265 e. The first kappa shape index (κ1) is 22.1. The summed E-state index contributed by atoms with van der Waals surface area (Å²) in [6.45, 7) is 4.12. The monoisotopic (exact) mass is 459 g/mol. The number of rotatable bonds is 5. The van der Waals surface area contributed by atoms with Crippen LogP contribution in [-0.2, 0) is 19.6 Å². The molecular formula is C22H25N3O6S. The third kappa shape index (κ3) is 4.42. The summed E-state index contributed by atoms with van der Waals surface area (Å²) in [7, 11) is -3.79. The molecule has 1 saturated heterocycles. The Hall–Kier alpha value is -3.11. The number of piperazine rings is 1. The molecule has 9 nitrogen and oxygen atoms in total. The van der Waals surface area contributed by atoms with Crippen LogP contribution in [0.1, 0.15) is 12.5 Å². The molecule has 0 bridgehead atoms. The molecule has 170 valence electrons. The Labute approximate surface area is 187 Å². The average Bonchev–Trinajstić information content (AvgIpc) is 2.79. The number of hydrogen-bond donors (Lipinski definition) is 1. The number of benzene rings is 2. The molecule has 2 aromatic carbocycles. The largest absolute Gasteiger partial charge is 0.484 e. The third-order valence-electron chi connectivity index (χ3n) is 5.52. The summed E-state index contributed by atoms with van der Waals surface area (Å²) in [5, 5.41) is 2.72. The number of fused-ring (bicyclic) bond motifs is 1. The lowest BCUT2D eigenvalue weighted by molar-refractivity contribution is -0.134. The van der Waals surface area contributed by atoms with Crippen LogP contribution in [0.2, 0.25) is 0 Å². The lowest BCUT2D eigenvalue weighted by Crippen LogP contribution is -2.51. The average molecular weight is 460 g/mol. The number of ether oxygens (including phenoxy) is 2. The molecule has 32 heavy (non-hydrogen) atoms. The van der Waals surface area contributed by atoms with Gasteiger partial charge in [-0.25, -0.2) is 8.42 Å². The van der Waals surface area contributed by atoms with Crippen molar-refractivity contribution in [1.82, 2.24) is 9.21 Å². The predicted octanol–water partition coefficient (Wildman–Crippen LogP) is 1.63. The van der Waals surface area contributed by atoms with Gasteiger partial charge in [0.05, 0.1) is 10.6 Å². The second-order valence-electron chi connectivity index (χ2n) is 7.75. The fourth-order valence-electron chi connectivity index (χ4n) is 3.69. The standard InChI is InChI=1S/C22H25N3O6S/c1-15-12-18-19(31-16(2)22(27)23-18)13-20(15)32(28,29)25-10-8-24(9-11-25)21(26)14-30-17-6-4-3-5-7-17/h3-7,12-13,16H,8-11,14H2,1-2H3,(H,23,27)/t16-/m1/s1. The van der Waals surface area contributed by atoms with Crippen molar-refractivity contribution in [1.29, 1.82) is 0 Å². The summed E-state index contributed by atoms with van der Waals surface area (Å²) in [6.07, 6.45) is -0.701. The summed E-state index contributed by atoms with van der Waals surface area (Å²) in [4.78, 5) is 26.0. The van der Waals surface area contributed by atoms with Crippen molar-refractivity contribution in [2.24, 2.45) is 0 Å². The first-order valence-corrected chi connectivity index (χ1v) is 11.8. The van der Waals surface area contributed by atoms with Crippen LogP contribution in [-0.4, -0.2) is 68.3 Å². The maximum absolute atomic E-state index is 13.3. The molecule has 0 aromatic heterocycles. The molecule has 2 aliphatic heterocycles. The molecule has 2 heterocycles. The minimum atomic E-state index is -3.79. The number of carbonyl (C=O) groups excluding carboxylic acids is 2. The molecule has 10 heteroatoms. The highest BCUT2D eigenvalue weighted by molar-refractivity contribution is 7.89. The van der Waals surface area contributed by atoms with E-state index < -0.39 is 16.1 Å². The van der Waals surface area contributed by atoms with Crippen molar-refractivity contribution >= 4 is 27.5 Å². The van der Waals surface area contributed by atoms with Crippen molar-refractivity contribution in [2.75, 3.05) is 38.1 Å². The van der Waals surface area contributed by atoms with E-state index in [9.17, 15) is 18.0 Å². The Morgan fingerprint density at radius 2 is 1.84 bits per heavy atom. The minimum absolute atomic E-state index is 0.0953. The van der Waals surface area contributed by atoms with Crippen LogP contribution in [0.25, 0.3) is 0 Å². The normalized spacial score (nSPS) is 19.0. The van der Waals surface area contributed by atoms with Crippen LogP contribution in [0.3, 0.4) is 0 Å². The molecule has 2 aromatic rings. The summed E-state index contributed by atoms with van der Waals surface area (Å²) in [5.74, 6) is 0.476. The van der Waals surface area contributed by atoms with Crippen molar-refractivity contribution < 1.29 is 27.5 Å². The van der Waals surface area contributed by atoms with E-state index in [1.165, 1.54) is 10.4 Å². The SMILES string of the molecule is Cc1cc2c(cc1S(=O)(=O)N1CCN(C(=O)COc3ccccc3)CC1)O[C@H](C)C(=O)N2. The van der Waals surface area contributed by atoms with E-state index >= 15 is 0 Å². The molecule has 0 aliphatic carbocycles. The fourth-order valence-corrected chi connectivity index (χ4v) is 5.33. The molecular weight excluding hydrogens is 434 g/mol. The van der Waals surface area contributed by atoms with Gasteiger partial charge in [-0.05, 0) is 37.6 Å². The molecule has 4 rings (SSSR count). The number of aryl methyl sites for hydroxylation is 1. The quantitative estimate of drug-likeness (QED) is 0.729. The van der Waals surface area contributed by atoms with Gasteiger partial charge in [-0.2, -0.15) is 4.31 Å². The van der Waals surface area contributed by atoms with Gasteiger partial charge in [0.25, 0.3) is 11.8 Å². The van der Waals surface area contributed by atoms with Gasteiger partial charge in [0.2, 0.25) is 10.0 Å². The number of anilines is 1. The number of nitrogens with zero attached hydrogens (tertiary/aromatic N) is 2. The Bertz CT molecular complexity index is 1130. The zero-order chi connectivity index (χ0) is 22.9. The number of carbonyl (C=O) groups is 2. The summed E-state index contributed by atoms with van der Waals surface area (Å²) in [6, 6.07) is 12.1. The molecule has 1 fully saturated rings. The van der Waals surface area contributed by atoms with Crippen molar-refractivity contribution in [3.8, 4) is 11.5 Å². The zero-order valence-electron chi connectivity index (χ0n) is 17.9. The smallest absolute Gasteiger partial charge is 0.265 e. The number of para-hydroxylation sites is 1. The molecule has 0 spiro atoms.